The second kappa shape index (κ2) is 9.29. The standard InChI is InChI=1S/C24H25F3N6O2/c1-31-5-2-3-20(31)23(34)30-19-12-32(24(35)21-11-28-9-15-10-29-13-33(15)21)6-4-16(19)17-7-14(25)8-18(26)22(17)27/h7-11,13,16,19-20H,2-6,12H2,1H3,(H,30,34)/t16-,19+,20+/m0/s1. The lowest BCUT2D eigenvalue weighted by Gasteiger charge is -2.40. The Hall–Kier alpha value is -3.47. The number of halogens is 3. The highest BCUT2D eigenvalue weighted by atomic mass is 19.2. The average Bonchev–Trinajstić information content (AvgIpc) is 3.49. The third-order valence-corrected chi connectivity index (χ3v) is 7.02. The third kappa shape index (κ3) is 4.36. The van der Waals surface area contributed by atoms with Gasteiger partial charge in [-0.05, 0) is 44.5 Å². The van der Waals surface area contributed by atoms with E-state index in [4.69, 9.17) is 0 Å². The van der Waals surface area contributed by atoms with Crippen LogP contribution in [0.25, 0.3) is 5.52 Å². The number of hydrogen-bond donors (Lipinski definition) is 1. The molecule has 2 aliphatic heterocycles. The molecule has 3 aromatic rings. The van der Waals surface area contributed by atoms with Gasteiger partial charge < -0.3 is 10.2 Å². The van der Waals surface area contributed by atoms with E-state index in [9.17, 15) is 22.8 Å². The Labute approximate surface area is 199 Å². The number of rotatable bonds is 4. The Morgan fingerprint density at radius 3 is 2.63 bits per heavy atom. The summed E-state index contributed by atoms with van der Waals surface area (Å²) in [5.41, 5.74) is 0.803. The van der Waals surface area contributed by atoms with Crippen LogP contribution in [-0.4, -0.2) is 74.7 Å². The van der Waals surface area contributed by atoms with Crippen molar-refractivity contribution in [1.82, 2.24) is 29.5 Å². The molecule has 1 N–H and O–H groups in total. The number of nitrogens with one attached hydrogen (secondary N) is 1. The van der Waals surface area contributed by atoms with Crippen LogP contribution in [0.15, 0.2) is 37.1 Å². The topological polar surface area (TPSA) is 82.8 Å². The number of fused-ring (bicyclic) bond motifs is 1. The zero-order chi connectivity index (χ0) is 24.7. The SMILES string of the molecule is CN1CCC[C@@H]1C(=O)N[C@@H]1CN(C(=O)c2cncc3cncn23)CC[C@H]1c1cc(F)cc(F)c1F. The molecule has 184 valence electrons. The van der Waals surface area contributed by atoms with E-state index in [2.05, 4.69) is 15.3 Å². The predicted molar refractivity (Wildman–Crippen MR) is 120 cm³/mol. The summed E-state index contributed by atoms with van der Waals surface area (Å²) < 4.78 is 44.4. The fourth-order valence-electron chi connectivity index (χ4n) is 5.19. The maximum absolute atomic E-state index is 14.7. The normalized spacial score (nSPS) is 23.1. The highest BCUT2D eigenvalue weighted by molar-refractivity contribution is 5.93. The van der Waals surface area contributed by atoms with Crippen LogP contribution in [0.4, 0.5) is 13.2 Å². The van der Waals surface area contributed by atoms with E-state index in [0.29, 0.717) is 23.7 Å². The van der Waals surface area contributed by atoms with Gasteiger partial charge in [0.05, 0.1) is 42.5 Å². The number of nitrogens with zero attached hydrogens (tertiary/aromatic N) is 5. The molecule has 0 unspecified atom stereocenters. The molecule has 0 spiro atoms. The van der Waals surface area contributed by atoms with Crippen LogP contribution in [0, 0.1) is 17.5 Å². The summed E-state index contributed by atoms with van der Waals surface area (Å²) in [5, 5.41) is 2.95. The molecule has 0 aliphatic carbocycles. The van der Waals surface area contributed by atoms with Crippen LogP contribution in [-0.2, 0) is 4.79 Å². The second-order valence-electron chi connectivity index (χ2n) is 9.17. The number of amides is 2. The molecule has 2 fully saturated rings. The van der Waals surface area contributed by atoms with Crippen LogP contribution in [0.5, 0.6) is 0 Å². The Morgan fingerprint density at radius 2 is 1.86 bits per heavy atom. The van der Waals surface area contributed by atoms with Gasteiger partial charge in [-0.15, -0.1) is 0 Å². The van der Waals surface area contributed by atoms with Crippen molar-refractivity contribution >= 4 is 17.3 Å². The molecule has 3 atom stereocenters. The van der Waals surface area contributed by atoms with Gasteiger partial charge >= 0.3 is 0 Å². The van der Waals surface area contributed by atoms with Crippen LogP contribution in [0.2, 0.25) is 0 Å². The van der Waals surface area contributed by atoms with Crippen molar-refractivity contribution in [1.29, 1.82) is 0 Å². The lowest BCUT2D eigenvalue weighted by Crippen LogP contribution is -2.56. The van der Waals surface area contributed by atoms with Crippen molar-refractivity contribution in [2.45, 2.75) is 37.3 Å². The van der Waals surface area contributed by atoms with E-state index in [1.165, 1.54) is 12.5 Å². The number of hydrogen-bond acceptors (Lipinski definition) is 5. The fourth-order valence-corrected chi connectivity index (χ4v) is 5.19. The van der Waals surface area contributed by atoms with Gasteiger partial charge in [-0.25, -0.2) is 18.2 Å². The molecule has 2 aromatic heterocycles. The molecule has 11 heteroatoms. The first-order chi connectivity index (χ1) is 16.8. The number of likely N-dealkylation sites (N-methyl/N-ethyl adjacent to an activating group) is 1. The molecule has 35 heavy (non-hydrogen) atoms. The zero-order valence-corrected chi connectivity index (χ0v) is 19.1. The Morgan fingerprint density at radius 1 is 1.06 bits per heavy atom. The molecule has 4 heterocycles. The molecule has 0 saturated carbocycles. The minimum Gasteiger partial charge on any atom is -0.350 e. The zero-order valence-electron chi connectivity index (χ0n) is 19.1. The van der Waals surface area contributed by atoms with Gasteiger partial charge in [0.1, 0.15) is 11.5 Å². The minimum atomic E-state index is -1.28. The van der Waals surface area contributed by atoms with E-state index >= 15 is 0 Å². The van der Waals surface area contributed by atoms with Crippen molar-refractivity contribution in [3.05, 3.63) is 65.8 Å². The van der Waals surface area contributed by atoms with E-state index in [1.54, 1.807) is 21.7 Å². The van der Waals surface area contributed by atoms with Gasteiger partial charge in [0.25, 0.3) is 5.91 Å². The number of aromatic nitrogens is 3. The summed E-state index contributed by atoms with van der Waals surface area (Å²) in [5.74, 6) is -4.59. The molecular weight excluding hydrogens is 461 g/mol. The van der Waals surface area contributed by atoms with Crippen LogP contribution in [0.3, 0.4) is 0 Å². The van der Waals surface area contributed by atoms with Crippen molar-refractivity contribution < 1.29 is 22.8 Å². The monoisotopic (exact) mass is 486 g/mol. The fraction of sp³-hybridized carbons (Fsp3) is 0.417. The first kappa shape index (κ1) is 23.3. The highest BCUT2D eigenvalue weighted by Gasteiger charge is 2.38. The molecule has 1 aromatic carbocycles. The number of carbonyl (C=O) groups excluding carboxylic acids is 2. The maximum Gasteiger partial charge on any atom is 0.272 e. The van der Waals surface area contributed by atoms with Crippen LogP contribution < -0.4 is 5.32 Å². The van der Waals surface area contributed by atoms with Gasteiger partial charge in [-0.2, -0.15) is 0 Å². The van der Waals surface area contributed by atoms with Gasteiger partial charge in [0.15, 0.2) is 11.6 Å². The molecule has 2 amide bonds. The van der Waals surface area contributed by atoms with Crippen molar-refractivity contribution in [3.8, 4) is 0 Å². The number of likely N-dealkylation sites (tertiary alicyclic amines) is 2. The first-order valence-corrected chi connectivity index (χ1v) is 11.5. The van der Waals surface area contributed by atoms with Gasteiger partial charge in [-0.3, -0.25) is 23.9 Å². The molecule has 0 radical (unpaired) electrons. The lowest BCUT2D eigenvalue weighted by atomic mass is 9.84. The summed E-state index contributed by atoms with van der Waals surface area (Å²) >= 11 is 0. The molecule has 8 nitrogen and oxygen atoms in total. The van der Waals surface area contributed by atoms with Gasteiger partial charge in [0, 0.05) is 25.1 Å². The Balaban J connectivity index is 1.45. The molecule has 0 bridgehead atoms. The van der Waals surface area contributed by atoms with E-state index in [0.717, 1.165) is 19.0 Å². The summed E-state index contributed by atoms with van der Waals surface area (Å²) in [7, 11) is 1.85. The summed E-state index contributed by atoms with van der Waals surface area (Å²) in [6.07, 6.45) is 7.88. The highest BCUT2D eigenvalue weighted by Crippen LogP contribution is 2.33. The number of carbonyl (C=O) groups is 2. The smallest absolute Gasteiger partial charge is 0.272 e. The van der Waals surface area contributed by atoms with Gasteiger partial charge in [-0.1, -0.05) is 0 Å². The van der Waals surface area contributed by atoms with Crippen molar-refractivity contribution in [3.63, 3.8) is 0 Å². The molecule has 2 saturated heterocycles. The summed E-state index contributed by atoms with van der Waals surface area (Å²) in [6, 6.07) is 0.383. The van der Waals surface area contributed by atoms with Crippen LogP contribution in [0.1, 0.15) is 41.2 Å². The molecule has 5 rings (SSSR count). The third-order valence-electron chi connectivity index (χ3n) is 7.02. The van der Waals surface area contributed by atoms with E-state index < -0.39 is 29.4 Å². The quantitative estimate of drug-likeness (QED) is 0.573. The number of imidazole rings is 1. The minimum absolute atomic E-state index is 0.0499. The van der Waals surface area contributed by atoms with E-state index in [1.807, 2.05) is 11.9 Å². The maximum atomic E-state index is 14.7. The summed E-state index contributed by atoms with van der Waals surface area (Å²) in [6.45, 7) is 1.04. The van der Waals surface area contributed by atoms with Crippen molar-refractivity contribution in [2.75, 3.05) is 26.7 Å². The summed E-state index contributed by atoms with van der Waals surface area (Å²) in [4.78, 5) is 38.1. The predicted octanol–water partition coefficient (Wildman–Crippen LogP) is 2.36. The molecule has 2 aliphatic rings. The van der Waals surface area contributed by atoms with E-state index in [-0.39, 0.29) is 42.9 Å². The van der Waals surface area contributed by atoms with Gasteiger partial charge in [0.2, 0.25) is 5.91 Å². The Bertz CT molecular complexity index is 1280. The Kier molecular flexibility index (Phi) is 6.18. The first-order valence-electron chi connectivity index (χ1n) is 11.5. The largest absolute Gasteiger partial charge is 0.350 e. The second-order valence-corrected chi connectivity index (χ2v) is 9.17. The van der Waals surface area contributed by atoms with Crippen molar-refractivity contribution in [2.24, 2.45) is 0 Å². The van der Waals surface area contributed by atoms with Crippen LogP contribution >= 0.6 is 0 Å². The number of benzene rings is 1. The average molecular weight is 486 g/mol. The number of piperidine rings is 1. The lowest BCUT2D eigenvalue weighted by molar-refractivity contribution is -0.126. The molecular formula is C24H25F3N6O2.